The number of halogens is 1. The first-order chi connectivity index (χ1) is 14.0. The van der Waals surface area contributed by atoms with Crippen LogP contribution in [-0.2, 0) is 6.54 Å². The van der Waals surface area contributed by atoms with E-state index in [0.717, 1.165) is 41.1 Å². The third-order valence-corrected chi connectivity index (χ3v) is 5.50. The van der Waals surface area contributed by atoms with Crippen LogP contribution in [0.15, 0.2) is 53.5 Å². The summed E-state index contributed by atoms with van der Waals surface area (Å²) in [7, 11) is 0. The van der Waals surface area contributed by atoms with E-state index in [2.05, 4.69) is 46.7 Å². The van der Waals surface area contributed by atoms with Crippen LogP contribution in [-0.4, -0.2) is 28.4 Å². The summed E-state index contributed by atoms with van der Waals surface area (Å²) in [6, 6.07) is 6.64. The zero-order valence-corrected chi connectivity index (χ0v) is 17.5. The minimum atomic E-state index is -0.0579. The lowest BCUT2D eigenvalue weighted by atomic mass is 10.1. The smallest absolute Gasteiger partial charge is 0.101 e. The number of pyridine rings is 1. The Morgan fingerprint density at radius 1 is 1.45 bits per heavy atom. The van der Waals surface area contributed by atoms with Crippen LogP contribution in [0.5, 0.6) is 0 Å². The molecule has 0 amide bonds. The van der Waals surface area contributed by atoms with Crippen LogP contribution in [0.2, 0.25) is 0 Å². The predicted octanol–water partition coefficient (Wildman–Crippen LogP) is 4.43. The fourth-order valence-corrected chi connectivity index (χ4v) is 3.97. The minimum Gasteiger partial charge on any atom is -0.404 e. The monoisotopic (exact) mass is 413 g/mol. The molecule has 5 nitrogen and oxygen atoms in total. The molecule has 0 bridgehead atoms. The molecule has 154 valence electrons. The van der Waals surface area contributed by atoms with E-state index in [1.54, 1.807) is 0 Å². The first kappa shape index (κ1) is 21.3. The normalized spacial score (nSPS) is 22.0. The molecule has 7 heteroatoms. The summed E-state index contributed by atoms with van der Waals surface area (Å²) in [4.78, 5) is 5.34. The SMILES string of the molecule is CC1CC(Cn2ccc3nc(/C(C=N)=C/N)ccc32)CN1.FC1=CC(S)=CCC1. The van der Waals surface area contributed by atoms with Gasteiger partial charge in [0.15, 0.2) is 0 Å². The second-order valence-corrected chi connectivity index (χ2v) is 8.02. The van der Waals surface area contributed by atoms with Crippen LogP contribution in [0.1, 0.15) is 31.9 Å². The first-order valence-electron chi connectivity index (χ1n) is 9.87. The average molecular weight is 414 g/mol. The highest BCUT2D eigenvalue weighted by molar-refractivity contribution is 7.84. The lowest BCUT2D eigenvalue weighted by Gasteiger charge is -2.11. The van der Waals surface area contributed by atoms with E-state index < -0.39 is 0 Å². The molecule has 1 aliphatic heterocycles. The van der Waals surface area contributed by atoms with Gasteiger partial charge in [-0.3, -0.25) is 0 Å². The Morgan fingerprint density at radius 3 is 2.86 bits per heavy atom. The molecule has 4 rings (SSSR count). The molecule has 2 unspecified atom stereocenters. The van der Waals surface area contributed by atoms with Gasteiger partial charge in [-0.05, 0) is 56.5 Å². The Balaban J connectivity index is 0.000000252. The lowest BCUT2D eigenvalue weighted by molar-refractivity contribution is 0.483. The summed E-state index contributed by atoms with van der Waals surface area (Å²) in [6.45, 7) is 4.34. The van der Waals surface area contributed by atoms with Gasteiger partial charge in [-0.2, -0.15) is 0 Å². The number of nitrogens with two attached hydrogens (primary N) is 1. The molecule has 2 aromatic rings. The number of hydrogen-bond acceptors (Lipinski definition) is 5. The molecule has 0 radical (unpaired) electrons. The number of thiol groups is 1. The minimum absolute atomic E-state index is 0.0579. The van der Waals surface area contributed by atoms with E-state index in [1.807, 2.05) is 18.2 Å². The highest BCUT2D eigenvalue weighted by atomic mass is 32.1. The van der Waals surface area contributed by atoms with Crippen LogP contribution < -0.4 is 11.1 Å². The average Bonchev–Trinajstić information content (AvgIpc) is 3.29. The van der Waals surface area contributed by atoms with Crippen LogP contribution in [0.3, 0.4) is 0 Å². The topological polar surface area (TPSA) is 79.7 Å². The fraction of sp³-hybridized carbons (Fsp3) is 0.364. The number of hydrogen-bond donors (Lipinski definition) is 4. The van der Waals surface area contributed by atoms with Gasteiger partial charge in [0.25, 0.3) is 0 Å². The molecule has 0 aromatic carbocycles. The van der Waals surface area contributed by atoms with Gasteiger partial charge in [-0.15, -0.1) is 12.6 Å². The van der Waals surface area contributed by atoms with Crippen molar-refractivity contribution in [3.8, 4) is 0 Å². The van der Waals surface area contributed by atoms with E-state index in [9.17, 15) is 4.39 Å². The van der Waals surface area contributed by atoms with Gasteiger partial charge in [0.1, 0.15) is 5.83 Å². The molecule has 2 atom stereocenters. The zero-order chi connectivity index (χ0) is 20.8. The van der Waals surface area contributed by atoms with Crippen LogP contribution >= 0.6 is 12.6 Å². The molecule has 1 aliphatic carbocycles. The van der Waals surface area contributed by atoms with Crippen LogP contribution in [0.25, 0.3) is 16.6 Å². The van der Waals surface area contributed by atoms with Crippen molar-refractivity contribution in [2.45, 2.75) is 38.8 Å². The van der Waals surface area contributed by atoms with Gasteiger partial charge in [0.2, 0.25) is 0 Å². The highest BCUT2D eigenvalue weighted by Gasteiger charge is 2.21. The third-order valence-electron chi connectivity index (χ3n) is 5.19. The number of rotatable bonds is 4. The van der Waals surface area contributed by atoms with Crippen molar-refractivity contribution in [1.29, 1.82) is 5.41 Å². The molecular weight excluding hydrogens is 385 g/mol. The summed E-state index contributed by atoms with van der Waals surface area (Å²) < 4.78 is 14.5. The molecule has 0 saturated carbocycles. The Kier molecular flexibility index (Phi) is 7.28. The highest BCUT2D eigenvalue weighted by Crippen LogP contribution is 2.22. The zero-order valence-electron chi connectivity index (χ0n) is 16.6. The lowest BCUT2D eigenvalue weighted by Crippen LogP contribution is -2.17. The first-order valence-corrected chi connectivity index (χ1v) is 10.3. The molecule has 1 saturated heterocycles. The maximum Gasteiger partial charge on any atom is 0.101 e. The van der Waals surface area contributed by atoms with Crippen LogP contribution in [0.4, 0.5) is 4.39 Å². The Hall–Kier alpha value is -2.38. The molecule has 2 aliphatic rings. The summed E-state index contributed by atoms with van der Waals surface area (Å²) >= 11 is 3.97. The fourth-order valence-electron chi connectivity index (χ4n) is 3.70. The molecule has 2 aromatic heterocycles. The third kappa shape index (κ3) is 5.58. The van der Waals surface area contributed by atoms with Gasteiger partial charge < -0.3 is 21.0 Å². The summed E-state index contributed by atoms with van der Waals surface area (Å²) in [5.41, 5.74) is 8.99. The maximum absolute atomic E-state index is 12.2. The molecular formula is C22H28FN5S. The largest absolute Gasteiger partial charge is 0.404 e. The van der Waals surface area contributed by atoms with E-state index in [0.29, 0.717) is 24.0 Å². The molecule has 0 spiro atoms. The predicted molar refractivity (Wildman–Crippen MR) is 122 cm³/mol. The van der Waals surface area contributed by atoms with Gasteiger partial charge in [-0.25, -0.2) is 9.37 Å². The van der Waals surface area contributed by atoms with E-state index in [4.69, 9.17) is 11.1 Å². The summed E-state index contributed by atoms with van der Waals surface area (Å²) in [5, 5.41) is 10.8. The van der Waals surface area contributed by atoms with Gasteiger partial charge >= 0.3 is 0 Å². The molecule has 4 N–H and O–H groups in total. The number of aromatic nitrogens is 2. The van der Waals surface area contributed by atoms with Crippen molar-refractivity contribution in [3.63, 3.8) is 0 Å². The van der Waals surface area contributed by atoms with Crippen LogP contribution in [0, 0.1) is 11.3 Å². The van der Waals surface area contributed by atoms with Crippen molar-refractivity contribution in [2.75, 3.05) is 6.54 Å². The standard InChI is InChI=1S/C16H21N5.C6H7FS/c1-11-6-12(9-19-11)10-21-5-4-15-16(21)3-2-14(20-15)13(7-17)8-18;7-5-2-1-3-6(8)4-5/h2-5,7-8,11-12,17,19H,6,9-10,18H2,1H3;3-4,8H,1-2H2/b13-8+,17-7?;. The molecule has 3 heterocycles. The maximum atomic E-state index is 12.2. The Labute approximate surface area is 176 Å². The van der Waals surface area contributed by atoms with Crippen molar-refractivity contribution >= 4 is 35.4 Å². The summed E-state index contributed by atoms with van der Waals surface area (Å²) in [5.74, 6) is 0.619. The van der Waals surface area contributed by atoms with Crippen molar-refractivity contribution in [3.05, 3.63) is 59.2 Å². The second-order valence-electron chi connectivity index (χ2n) is 7.51. The Bertz CT molecular complexity index is 959. The van der Waals surface area contributed by atoms with E-state index in [1.165, 1.54) is 24.9 Å². The number of allylic oxidation sites excluding steroid dienone is 4. The number of nitrogens with one attached hydrogen (secondary N) is 2. The summed E-state index contributed by atoms with van der Waals surface area (Å²) in [6.07, 6.45) is 10.7. The van der Waals surface area contributed by atoms with Crippen molar-refractivity contribution in [1.82, 2.24) is 14.9 Å². The van der Waals surface area contributed by atoms with Gasteiger partial charge in [0.05, 0.1) is 16.7 Å². The molecule has 1 fully saturated rings. The molecule has 29 heavy (non-hydrogen) atoms. The van der Waals surface area contributed by atoms with Crippen molar-refractivity contribution < 1.29 is 4.39 Å². The van der Waals surface area contributed by atoms with Gasteiger partial charge in [0, 0.05) is 48.1 Å². The van der Waals surface area contributed by atoms with E-state index in [-0.39, 0.29) is 5.83 Å². The van der Waals surface area contributed by atoms with Crippen molar-refractivity contribution in [2.24, 2.45) is 11.7 Å². The van der Waals surface area contributed by atoms with E-state index >= 15 is 0 Å². The number of nitrogens with zero attached hydrogens (tertiary/aromatic N) is 2. The Morgan fingerprint density at radius 2 is 2.28 bits per heavy atom. The number of fused-ring (bicyclic) bond motifs is 1. The van der Waals surface area contributed by atoms with Gasteiger partial charge in [-0.1, -0.05) is 6.08 Å². The second kappa shape index (κ2) is 9.89. The quantitative estimate of drug-likeness (QED) is 0.442.